The van der Waals surface area contributed by atoms with Crippen LogP contribution in [0.3, 0.4) is 0 Å². The first-order chi connectivity index (χ1) is 8.29. The van der Waals surface area contributed by atoms with Crippen LogP contribution < -0.4 is 10.5 Å². The van der Waals surface area contributed by atoms with Crippen molar-refractivity contribution >= 4 is 10.0 Å². The molecule has 3 N–H and O–H groups in total. The molecule has 0 radical (unpaired) electrons. The third-order valence-electron chi connectivity index (χ3n) is 2.58. The standard InChI is InChI=1S/C11H22N4O2S/c1-9(2)11-10(8-15(3)14-11)7-13-5-4-6-18(12,16)17/h8-9,13H,4-7H2,1-3H3,(H2,12,16,17). The number of aromatic nitrogens is 2. The number of nitrogens with zero attached hydrogens (tertiary/aromatic N) is 2. The number of nitrogens with two attached hydrogens (primary N) is 1. The van der Waals surface area contributed by atoms with Crippen LogP contribution in [0.15, 0.2) is 6.20 Å². The lowest BCUT2D eigenvalue weighted by Crippen LogP contribution is -2.22. The van der Waals surface area contributed by atoms with E-state index >= 15 is 0 Å². The topological polar surface area (TPSA) is 90.0 Å². The molecule has 0 bridgehead atoms. The Labute approximate surface area is 109 Å². The van der Waals surface area contributed by atoms with Crippen LogP contribution >= 0.6 is 0 Å². The minimum absolute atomic E-state index is 0.0179. The van der Waals surface area contributed by atoms with Gasteiger partial charge in [0.2, 0.25) is 10.0 Å². The number of aryl methyl sites for hydroxylation is 1. The van der Waals surface area contributed by atoms with Crippen LogP contribution in [0.4, 0.5) is 0 Å². The van der Waals surface area contributed by atoms with Gasteiger partial charge >= 0.3 is 0 Å². The summed E-state index contributed by atoms with van der Waals surface area (Å²) in [4.78, 5) is 0. The van der Waals surface area contributed by atoms with Crippen molar-refractivity contribution in [1.29, 1.82) is 0 Å². The number of rotatable bonds is 7. The molecule has 0 atom stereocenters. The van der Waals surface area contributed by atoms with Crippen LogP contribution in [0.5, 0.6) is 0 Å². The van der Waals surface area contributed by atoms with Crippen LogP contribution in [0.2, 0.25) is 0 Å². The molecule has 0 aliphatic rings. The number of nitrogens with one attached hydrogen (secondary N) is 1. The number of hydrogen-bond acceptors (Lipinski definition) is 4. The fraction of sp³-hybridized carbons (Fsp3) is 0.727. The molecule has 1 rings (SSSR count). The second kappa shape index (κ2) is 6.31. The zero-order valence-electron chi connectivity index (χ0n) is 11.2. The monoisotopic (exact) mass is 274 g/mol. The average molecular weight is 274 g/mol. The largest absolute Gasteiger partial charge is 0.313 e. The number of sulfonamides is 1. The normalized spacial score (nSPS) is 12.3. The quantitative estimate of drug-likeness (QED) is 0.700. The van der Waals surface area contributed by atoms with Gasteiger partial charge in [0.25, 0.3) is 0 Å². The molecule has 6 nitrogen and oxygen atoms in total. The summed E-state index contributed by atoms with van der Waals surface area (Å²) in [6.45, 7) is 5.54. The minimum atomic E-state index is -3.34. The van der Waals surface area contributed by atoms with Crippen molar-refractivity contribution < 1.29 is 8.42 Å². The smallest absolute Gasteiger partial charge is 0.209 e. The average Bonchev–Trinajstić information content (AvgIpc) is 2.57. The molecule has 0 saturated carbocycles. The van der Waals surface area contributed by atoms with Crippen molar-refractivity contribution in [3.05, 3.63) is 17.5 Å². The van der Waals surface area contributed by atoms with E-state index in [1.807, 2.05) is 13.2 Å². The summed E-state index contributed by atoms with van der Waals surface area (Å²) in [7, 11) is -1.44. The van der Waals surface area contributed by atoms with E-state index in [-0.39, 0.29) is 5.75 Å². The summed E-state index contributed by atoms with van der Waals surface area (Å²) in [6, 6.07) is 0. The molecule has 1 aromatic rings. The predicted molar refractivity (Wildman–Crippen MR) is 71.6 cm³/mol. The van der Waals surface area contributed by atoms with Crippen molar-refractivity contribution in [2.24, 2.45) is 12.2 Å². The van der Waals surface area contributed by atoms with Crippen LogP contribution in [0, 0.1) is 0 Å². The van der Waals surface area contributed by atoms with E-state index in [1.165, 1.54) is 0 Å². The van der Waals surface area contributed by atoms with Gasteiger partial charge < -0.3 is 5.32 Å². The SMILES string of the molecule is CC(C)c1nn(C)cc1CNCCCS(N)(=O)=O. The minimum Gasteiger partial charge on any atom is -0.313 e. The van der Waals surface area contributed by atoms with Crippen LogP contribution in [0.1, 0.15) is 37.4 Å². The second-order valence-corrected chi connectivity index (χ2v) is 6.50. The van der Waals surface area contributed by atoms with Gasteiger partial charge in [-0.2, -0.15) is 5.10 Å². The molecule has 1 aromatic heterocycles. The maximum absolute atomic E-state index is 10.7. The lowest BCUT2D eigenvalue weighted by atomic mass is 10.1. The first-order valence-corrected chi connectivity index (χ1v) is 7.74. The van der Waals surface area contributed by atoms with E-state index in [4.69, 9.17) is 5.14 Å². The fourth-order valence-electron chi connectivity index (χ4n) is 1.80. The lowest BCUT2D eigenvalue weighted by molar-refractivity contribution is 0.590. The molecule has 0 aliphatic carbocycles. The summed E-state index contributed by atoms with van der Waals surface area (Å²) in [5.74, 6) is 0.400. The highest BCUT2D eigenvalue weighted by Crippen LogP contribution is 2.16. The van der Waals surface area contributed by atoms with Crippen LogP contribution in [-0.4, -0.2) is 30.5 Å². The molecule has 1 heterocycles. The third-order valence-corrected chi connectivity index (χ3v) is 3.44. The summed E-state index contributed by atoms with van der Waals surface area (Å²) >= 11 is 0. The Bertz CT molecular complexity index is 479. The first-order valence-electron chi connectivity index (χ1n) is 6.03. The lowest BCUT2D eigenvalue weighted by Gasteiger charge is -2.06. The molecular weight excluding hydrogens is 252 g/mol. The van der Waals surface area contributed by atoms with Gasteiger partial charge in [0.05, 0.1) is 11.4 Å². The van der Waals surface area contributed by atoms with Crippen LogP contribution in [0.25, 0.3) is 0 Å². The van der Waals surface area contributed by atoms with Gasteiger partial charge in [-0.15, -0.1) is 0 Å². The summed E-state index contributed by atoms with van der Waals surface area (Å²) < 4.78 is 23.3. The third kappa shape index (κ3) is 5.16. The fourth-order valence-corrected chi connectivity index (χ4v) is 2.35. The van der Waals surface area contributed by atoms with E-state index in [0.717, 1.165) is 11.3 Å². The van der Waals surface area contributed by atoms with E-state index in [9.17, 15) is 8.42 Å². The highest BCUT2D eigenvalue weighted by molar-refractivity contribution is 7.89. The first kappa shape index (κ1) is 15.1. The van der Waals surface area contributed by atoms with Crippen molar-refractivity contribution in [3.8, 4) is 0 Å². The summed E-state index contributed by atoms with van der Waals surface area (Å²) in [5, 5.41) is 12.5. The van der Waals surface area contributed by atoms with Crippen molar-refractivity contribution in [2.45, 2.75) is 32.7 Å². The molecule has 7 heteroatoms. The van der Waals surface area contributed by atoms with Gasteiger partial charge in [0, 0.05) is 25.4 Å². The Morgan fingerprint density at radius 2 is 2.17 bits per heavy atom. The summed E-state index contributed by atoms with van der Waals surface area (Å²) in [5.41, 5.74) is 2.24. The molecule has 0 saturated heterocycles. The van der Waals surface area contributed by atoms with Gasteiger partial charge in [0.1, 0.15) is 0 Å². The molecular formula is C11H22N4O2S. The summed E-state index contributed by atoms with van der Waals surface area (Å²) in [6.07, 6.45) is 2.51. The van der Waals surface area contributed by atoms with Gasteiger partial charge in [-0.25, -0.2) is 13.6 Å². The molecule has 0 fully saturated rings. The zero-order valence-corrected chi connectivity index (χ0v) is 12.0. The van der Waals surface area contributed by atoms with Crippen LogP contribution in [-0.2, 0) is 23.6 Å². The molecule has 0 unspecified atom stereocenters. The highest BCUT2D eigenvalue weighted by atomic mass is 32.2. The Balaban J connectivity index is 2.40. The highest BCUT2D eigenvalue weighted by Gasteiger charge is 2.10. The Morgan fingerprint density at radius 3 is 2.72 bits per heavy atom. The van der Waals surface area contributed by atoms with Gasteiger partial charge in [0.15, 0.2) is 0 Å². The maximum Gasteiger partial charge on any atom is 0.209 e. The van der Waals surface area contributed by atoms with Gasteiger partial charge in [-0.1, -0.05) is 13.8 Å². The molecule has 0 aliphatic heterocycles. The van der Waals surface area contributed by atoms with E-state index in [1.54, 1.807) is 4.68 Å². The number of primary sulfonamides is 1. The van der Waals surface area contributed by atoms with Gasteiger partial charge in [-0.3, -0.25) is 4.68 Å². The molecule has 0 aromatic carbocycles. The molecule has 18 heavy (non-hydrogen) atoms. The predicted octanol–water partition coefficient (Wildman–Crippen LogP) is 0.312. The van der Waals surface area contributed by atoms with Gasteiger partial charge in [-0.05, 0) is 18.9 Å². The van der Waals surface area contributed by atoms with Crippen molar-refractivity contribution in [1.82, 2.24) is 15.1 Å². The Kier molecular flexibility index (Phi) is 5.30. The maximum atomic E-state index is 10.7. The molecule has 104 valence electrons. The van der Waals surface area contributed by atoms with Crippen molar-refractivity contribution in [2.75, 3.05) is 12.3 Å². The molecule has 0 amide bonds. The second-order valence-electron chi connectivity index (χ2n) is 4.77. The van der Waals surface area contributed by atoms with Crippen molar-refractivity contribution in [3.63, 3.8) is 0 Å². The van der Waals surface area contributed by atoms with E-state index in [0.29, 0.717) is 25.4 Å². The number of hydrogen-bond donors (Lipinski definition) is 2. The molecule has 0 spiro atoms. The van der Waals surface area contributed by atoms with E-state index < -0.39 is 10.0 Å². The van der Waals surface area contributed by atoms with E-state index in [2.05, 4.69) is 24.3 Å². The Morgan fingerprint density at radius 1 is 1.50 bits per heavy atom. The zero-order chi connectivity index (χ0) is 13.8. The Hall–Kier alpha value is -0.920.